The van der Waals surface area contributed by atoms with Gasteiger partial charge in [0.1, 0.15) is 0 Å². The number of alkyl halides is 7. The number of halogens is 7. The maximum atomic E-state index is 12.9. The summed E-state index contributed by atoms with van der Waals surface area (Å²) in [7, 11) is 0. The molecule has 1 amide bonds. The summed E-state index contributed by atoms with van der Waals surface area (Å²) in [5, 5.41) is 4.32. The Labute approximate surface area is 103 Å². The first-order valence-electron chi connectivity index (χ1n) is 4.66. The normalized spacial score (nSPS) is 15.4. The van der Waals surface area contributed by atoms with E-state index in [4.69, 9.17) is 5.11 Å². The zero-order valence-corrected chi connectivity index (χ0v) is 9.75. The third kappa shape index (κ3) is 3.19. The van der Waals surface area contributed by atoms with E-state index in [1.165, 1.54) is 12.2 Å². The second-order valence-corrected chi connectivity index (χ2v) is 3.88. The largest absolute Gasteiger partial charge is 0.395 e. The number of aliphatic hydroxyl groups is 1. The monoisotopic (exact) mass is 301 g/mol. The molecule has 0 fully saturated rings. The smallest absolute Gasteiger partial charge is 0.394 e. The lowest BCUT2D eigenvalue weighted by molar-refractivity contribution is -0.269. The quantitative estimate of drug-likeness (QED) is 0.582. The third-order valence-corrected chi connectivity index (χ3v) is 2.32. The van der Waals surface area contributed by atoms with Gasteiger partial charge in [-0.15, -0.1) is 0 Å². The van der Waals surface area contributed by atoms with Crippen molar-refractivity contribution in [1.29, 1.82) is 0 Å². The third-order valence-electron chi connectivity index (χ3n) is 2.08. The van der Waals surface area contributed by atoms with Crippen molar-refractivity contribution in [3.05, 3.63) is 0 Å². The number of carbonyl (C=O) groups is 1. The Kier molecular flexibility index (Phi) is 5.30. The van der Waals surface area contributed by atoms with Crippen LogP contribution in [0.25, 0.3) is 0 Å². The molecule has 3 nitrogen and oxygen atoms in total. The molecule has 0 aliphatic rings. The first kappa shape index (κ1) is 17.3. The molecule has 0 aromatic rings. The van der Waals surface area contributed by atoms with E-state index >= 15 is 0 Å². The average molecular weight is 302 g/mol. The van der Waals surface area contributed by atoms with Crippen molar-refractivity contribution in [1.82, 2.24) is 5.32 Å². The van der Waals surface area contributed by atoms with Gasteiger partial charge in [0.25, 0.3) is 5.91 Å². The van der Waals surface area contributed by atoms with Crippen LogP contribution in [-0.2, 0) is 4.79 Å². The summed E-state index contributed by atoms with van der Waals surface area (Å²) in [6.45, 7) is 0.550. The number of carbonyl (C=O) groups excluding carboxylic acids is 1. The van der Waals surface area contributed by atoms with Crippen LogP contribution in [0.2, 0.25) is 0 Å². The van der Waals surface area contributed by atoms with Crippen LogP contribution >= 0.6 is 11.6 Å². The molecule has 108 valence electrons. The van der Waals surface area contributed by atoms with E-state index in [0.717, 1.165) is 0 Å². The van der Waals surface area contributed by atoms with E-state index in [9.17, 15) is 31.1 Å². The van der Waals surface area contributed by atoms with Gasteiger partial charge >= 0.3 is 17.2 Å². The van der Waals surface area contributed by atoms with Gasteiger partial charge in [-0.25, -0.2) is 0 Å². The minimum absolute atomic E-state index is 0.0544. The fraction of sp³-hybridized carbons (Fsp3) is 0.875. The number of rotatable bonds is 6. The van der Waals surface area contributed by atoms with E-state index in [1.807, 2.05) is 0 Å². The lowest BCUT2D eigenvalue weighted by Crippen LogP contribution is -2.60. The molecule has 0 aromatic heterocycles. The van der Waals surface area contributed by atoms with Crippen LogP contribution in [0.1, 0.15) is 13.3 Å². The molecule has 0 aromatic carbocycles. The van der Waals surface area contributed by atoms with Gasteiger partial charge in [-0.2, -0.15) is 26.3 Å². The lowest BCUT2D eigenvalue weighted by atomic mass is 10.1. The summed E-state index contributed by atoms with van der Waals surface area (Å²) >= 11 is 3.87. The van der Waals surface area contributed by atoms with Gasteiger partial charge in [0.05, 0.1) is 12.6 Å². The van der Waals surface area contributed by atoms with E-state index < -0.39 is 35.8 Å². The Hall–Kier alpha value is -0.700. The predicted molar refractivity (Wildman–Crippen MR) is 50.0 cm³/mol. The molecule has 10 heteroatoms. The Balaban J connectivity index is 5.09. The summed E-state index contributed by atoms with van der Waals surface area (Å²) in [5.41, 5.74) is 0. The van der Waals surface area contributed by atoms with Gasteiger partial charge in [-0.3, -0.25) is 4.79 Å². The predicted octanol–water partition coefficient (Wildman–Crippen LogP) is 1.98. The maximum Gasteiger partial charge on any atom is 0.395 e. The first-order chi connectivity index (χ1) is 7.91. The summed E-state index contributed by atoms with van der Waals surface area (Å²) in [6.07, 6.45) is -0.0544. The van der Waals surface area contributed by atoms with Crippen molar-refractivity contribution in [3.8, 4) is 0 Å². The van der Waals surface area contributed by atoms with Crippen LogP contribution in [0.5, 0.6) is 0 Å². The molecule has 0 unspecified atom stereocenters. The highest BCUT2D eigenvalue weighted by atomic mass is 35.5. The minimum atomic E-state index is -6.06. The molecule has 0 heterocycles. The Morgan fingerprint density at radius 2 is 1.72 bits per heavy atom. The Morgan fingerprint density at radius 1 is 1.28 bits per heavy atom. The standard InChI is InChI=1S/C8H10ClF6NO2/c1-2-4(3-17)16-5(18)6(10,11)7(12,13)8(9,14)15/h4,17H,2-3H2,1H3,(H,16,18)/t4-/m0/s1. The summed E-state index contributed by atoms with van der Waals surface area (Å²) in [6, 6.07) is -1.25. The van der Waals surface area contributed by atoms with E-state index in [2.05, 4.69) is 11.6 Å². The second-order valence-electron chi connectivity index (χ2n) is 3.41. The van der Waals surface area contributed by atoms with E-state index in [-0.39, 0.29) is 6.42 Å². The fourth-order valence-corrected chi connectivity index (χ4v) is 0.992. The molecule has 0 aliphatic carbocycles. The Bertz CT molecular complexity index is 302. The van der Waals surface area contributed by atoms with Crippen molar-refractivity contribution in [2.75, 3.05) is 6.61 Å². The zero-order valence-electron chi connectivity index (χ0n) is 8.99. The van der Waals surface area contributed by atoms with Crippen LogP contribution in [0.4, 0.5) is 26.3 Å². The van der Waals surface area contributed by atoms with E-state index in [0.29, 0.717) is 0 Å². The fourth-order valence-electron chi connectivity index (χ4n) is 0.873. The number of amides is 1. The Morgan fingerprint density at radius 3 is 2.00 bits per heavy atom. The van der Waals surface area contributed by atoms with Crippen LogP contribution in [0, 0.1) is 0 Å². The average Bonchev–Trinajstić information content (AvgIpc) is 2.23. The molecular weight excluding hydrogens is 292 g/mol. The number of aliphatic hydroxyl groups excluding tert-OH is 1. The molecule has 0 aliphatic heterocycles. The number of hydrogen-bond acceptors (Lipinski definition) is 2. The SMILES string of the molecule is CC[C@@H](CO)NC(=O)C(F)(F)C(F)(F)C(F)(F)Cl. The summed E-state index contributed by atoms with van der Waals surface area (Å²) < 4.78 is 75.5. The van der Waals surface area contributed by atoms with Crippen molar-refractivity contribution in [2.24, 2.45) is 0 Å². The van der Waals surface area contributed by atoms with Gasteiger partial charge < -0.3 is 10.4 Å². The van der Waals surface area contributed by atoms with Crippen LogP contribution in [0.15, 0.2) is 0 Å². The number of hydrogen-bond donors (Lipinski definition) is 2. The van der Waals surface area contributed by atoms with Gasteiger partial charge in [0.2, 0.25) is 0 Å². The highest BCUT2D eigenvalue weighted by Gasteiger charge is 2.74. The topological polar surface area (TPSA) is 49.3 Å². The van der Waals surface area contributed by atoms with Crippen molar-refractivity contribution >= 4 is 17.5 Å². The summed E-state index contributed by atoms with van der Waals surface area (Å²) in [5.74, 6) is -14.4. The minimum Gasteiger partial charge on any atom is -0.394 e. The molecule has 0 bridgehead atoms. The van der Waals surface area contributed by atoms with Gasteiger partial charge in [-0.05, 0) is 18.0 Å². The number of nitrogens with one attached hydrogen (secondary N) is 1. The summed E-state index contributed by atoms with van der Waals surface area (Å²) in [4.78, 5) is 10.8. The van der Waals surface area contributed by atoms with Crippen LogP contribution < -0.4 is 5.32 Å². The van der Waals surface area contributed by atoms with Crippen molar-refractivity contribution < 1.29 is 36.2 Å². The molecule has 0 radical (unpaired) electrons. The zero-order chi connectivity index (χ0) is 14.8. The molecule has 18 heavy (non-hydrogen) atoms. The first-order valence-corrected chi connectivity index (χ1v) is 5.03. The maximum absolute atomic E-state index is 12.9. The highest BCUT2D eigenvalue weighted by Crippen LogP contribution is 2.47. The lowest BCUT2D eigenvalue weighted by Gasteiger charge is -2.29. The second kappa shape index (κ2) is 5.52. The van der Waals surface area contributed by atoms with Crippen molar-refractivity contribution in [2.45, 2.75) is 36.6 Å². The van der Waals surface area contributed by atoms with Gasteiger partial charge in [0, 0.05) is 0 Å². The molecule has 0 rings (SSSR count). The van der Waals surface area contributed by atoms with Crippen LogP contribution in [0.3, 0.4) is 0 Å². The van der Waals surface area contributed by atoms with Crippen molar-refractivity contribution in [3.63, 3.8) is 0 Å². The van der Waals surface area contributed by atoms with Crippen LogP contribution in [-0.4, -0.2) is 40.9 Å². The van der Waals surface area contributed by atoms with Gasteiger partial charge in [0.15, 0.2) is 0 Å². The highest BCUT2D eigenvalue weighted by molar-refractivity contribution is 6.22. The van der Waals surface area contributed by atoms with E-state index in [1.54, 1.807) is 0 Å². The van der Waals surface area contributed by atoms with Gasteiger partial charge in [-0.1, -0.05) is 6.92 Å². The molecular formula is C8H10ClF6NO2. The molecule has 0 spiro atoms. The molecule has 0 saturated heterocycles. The molecule has 0 saturated carbocycles. The molecule has 1 atom stereocenters. The molecule has 2 N–H and O–H groups in total.